The van der Waals surface area contributed by atoms with E-state index in [9.17, 15) is 0 Å². The first-order chi connectivity index (χ1) is 9.19. The van der Waals surface area contributed by atoms with Gasteiger partial charge in [0, 0.05) is 24.8 Å². The molecular weight excluding hydrogens is 240 g/mol. The molecule has 2 aromatic heterocycles. The molecule has 19 heavy (non-hydrogen) atoms. The Labute approximate surface area is 113 Å². The third-order valence-electron chi connectivity index (χ3n) is 3.37. The van der Waals surface area contributed by atoms with Gasteiger partial charge in [0.25, 0.3) is 0 Å². The highest BCUT2D eigenvalue weighted by molar-refractivity contribution is 5.28. The summed E-state index contributed by atoms with van der Waals surface area (Å²) in [7, 11) is 1.96. The number of aromatic nitrogens is 5. The van der Waals surface area contributed by atoms with Crippen molar-refractivity contribution in [3.8, 4) is 0 Å². The van der Waals surface area contributed by atoms with Crippen LogP contribution in [0.2, 0.25) is 0 Å². The molecule has 1 unspecified atom stereocenters. The van der Waals surface area contributed by atoms with Crippen LogP contribution in [0, 0.1) is 6.92 Å². The molecule has 2 rings (SSSR count). The molecule has 0 bridgehead atoms. The van der Waals surface area contributed by atoms with Crippen molar-refractivity contribution in [3.63, 3.8) is 0 Å². The van der Waals surface area contributed by atoms with Gasteiger partial charge < -0.3 is 5.32 Å². The van der Waals surface area contributed by atoms with E-state index in [-0.39, 0.29) is 6.04 Å². The molecule has 1 atom stereocenters. The van der Waals surface area contributed by atoms with Crippen LogP contribution in [0.4, 0.5) is 0 Å². The van der Waals surface area contributed by atoms with E-state index in [0.29, 0.717) is 0 Å². The van der Waals surface area contributed by atoms with Gasteiger partial charge in [0.2, 0.25) is 0 Å². The number of hydrogen-bond donors (Lipinski definition) is 1. The minimum atomic E-state index is 0.0975. The Morgan fingerprint density at radius 3 is 2.68 bits per heavy atom. The second-order valence-electron chi connectivity index (χ2n) is 4.68. The molecule has 104 valence electrons. The minimum Gasteiger partial charge on any atom is -0.305 e. The fourth-order valence-electron chi connectivity index (χ4n) is 2.25. The van der Waals surface area contributed by atoms with Gasteiger partial charge in [0.05, 0.1) is 24.1 Å². The number of aryl methyl sites for hydroxylation is 2. The number of nitrogens with one attached hydrogen (secondary N) is 1. The Hall–Kier alpha value is -1.69. The van der Waals surface area contributed by atoms with Crippen LogP contribution in [0.3, 0.4) is 0 Å². The Morgan fingerprint density at radius 2 is 2.11 bits per heavy atom. The molecule has 0 aliphatic rings. The van der Waals surface area contributed by atoms with E-state index in [4.69, 9.17) is 0 Å². The summed E-state index contributed by atoms with van der Waals surface area (Å²) in [4.78, 5) is 0. The van der Waals surface area contributed by atoms with Gasteiger partial charge in [-0.25, -0.2) is 4.68 Å². The summed E-state index contributed by atoms with van der Waals surface area (Å²) in [6.45, 7) is 8.10. The summed E-state index contributed by atoms with van der Waals surface area (Å²) in [5.41, 5.74) is 3.44. The molecule has 0 saturated heterocycles. The Kier molecular flexibility index (Phi) is 4.31. The first-order valence-corrected chi connectivity index (χ1v) is 6.79. The van der Waals surface area contributed by atoms with Crippen LogP contribution in [0.5, 0.6) is 0 Å². The molecule has 0 aromatic carbocycles. The van der Waals surface area contributed by atoms with Crippen molar-refractivity contribution in [1.29, 1.82) is 0 Å². The third-order valence-corrected chi connectivity index (χ3v) is 3.37. The first-order valence-electron chi connectivity index (χ1n) is 6.79. The highest BCUT2D eigenvalue weighted by Crippen LogP contribution is 2.23. The van der Waals surface area contributed by atoms with Gasteiger partial charge in [-0.15, -0.1) is 5.10 Å². The SMILES string of the molecule is CCCn1nncc1C(NCC)c1cnn(C)c1C. The maximum absolute atomic E-state index is 4.33. The standard InChI is InChI=1S/C13H22N6/c1-5-7-19-12(9-15-17-19)13(14-6-2)11-8-16-18(4)10(11)3/h8-9,13-14H,5-7H2,1-4H3. The molecule has 6 nitrogen and oxygen atoms in total. The van der Waals surface area contributed by atoms with Crippen molar-refractivity contribution in [2.24, 2.45) is 7.05 Å². The number of nitrogens with zero attached hydrogens (tertiary/aromatic N) is 5. The van der Waals surface area contributed by atoms with Crippen LogP contribution in [0.15, 0.2) is 12.4 Å². The summed E-state index contributed by atoms with van der Waals surface area (Å²) in [6, 6.07) is 0.0975. The van der Waals surface area contributed by atoms with Gasteiger partial charge in [-0.2, -0.15) is 5.10 Å². The highest BCUT2D eigenvalue weighted by Gasteiger charge is 2.21. The van der Waals surface area contributed by atoms with Gasteiger partial charge in [0.15, 0.2) is 0 Å². The summed E-state index contributed by atoms with van der Waals surface area (Å²) in [5, 5.41) is 16.1. The zero-order valence-electron chi connectivity index (χ0n) is 12.1. The van der Waals surface area contributed by atoms with Crippen LogP contribution in [0.1, 0.15) is 43.3 Å². The van der Waals surface area contributed by atoms with Gasteiger partial charge in [-0.05, 0) is 19.9 Å². The molecule has 6 heteroatoms. The minimum absolute atomic E-state index is 0.0975. The van der Waals surface area contributed by atoms with Gasteiger partial charge in [0.1, 0.15) is 0 Å². The third kappa shape index (κ3) is 2.68. The molecule has 0 spiro atoms. The van der Waals surface area contributed by atoms with E-state index in [1.807, 2.05) is 28.8 Å². The van der Waals surface area contributed by atoms with Crippen LogP contribution in [-0.4, -0.2) is 31.3 Å². The molecule has 2 aromatic rings. The lowest BCUT2D eigenvalue weighted by molar-refractivity contribution is 0.510. The highest BCUT2D eigenvalue weighted by atomic mass is 15.4. The van der Waals surface area contributed by atoms with Crippen molar-refractivity contribution in [1.82, 2.24) is 30.1 Å². The Balaban J connectivity index is 2.39. The topological polar surface area (TPSA) is 60.6 Å². The molecule has 0 radical (unpaired) electrons. The predicted octanol–water partition coefficient (Wildman–Crippen LogP) is 1.43. The quantitative estimate of drug-likeness (QED) is 0.855. The van der Waals surface area contributed by atoms with Gasteiger partial charge in [-0.1, -0.05) is 19.1 Å². The average Bonchev–Trinajstić information content (AvgIpc) is 2.97. The second-order valence-corrected chi connectivity index (χ2v) is 4.68. The molecule has 1 N–H and O–H groups in total. The van der Waals surface area contributed by atoms with E-state index in [0.717, 1.165) is 30.9 Å². The van der Waals surface area contributed by atoms with E-state index >= 15 is 0 Å². The predicted molar refractivity (Wildman–Crippen MR) is 73.8 cm³/mol. The molecule has 0 fully saturated rings. The number of hydrogen-bond acceptors (Lipinski definition) is 4. The molecule has 0 saturated carbocycles. The lowest BCUT2D eigenvalue weighted by Gasteiger charge is -2.18. The van der Waals surface area contributed by atoms with Crippen LogP contribution in [-0.2, 0) is 13.6 Å². The van der Waals surface area contributed by atoms with E-state index in [1.54, 1.807) is 0 Å². The lowest BCUT2D eigenvalue weighted by atomic mass is 10.1. The van der Waals surface area contributed by atoms with Crippen molar-refractivity contribution in [2.45, 2.75) is 39.8 Å². The zero-order chi connectivity index (χ0) is 13.8. The summed E-state index contributed by atoms with van der Waals surface area (Å²) in [5.74, 6) is 0. The Morgan fingerprint density at radius 1 is 1.32 bits per heavy atom. The fraction of sp³-hybridized carbons (Fsp3) is 0.615. The summed E-state index contributed by atoms with van der Waals surface area (Å²) >= 11 is 0. The normalized spacial score (nSPS) is 12.8. The Bertz CT molecular complexity index is 527. The molecule has 0 aliphatic carbocycles. The molecule has 0 amide bonds. The van der Waals surface area contributed by atoms with Crippen LogP contribution < -0.4 is 5.32 Å². The van der Waals surface area contributed by atoms with E-state index in [2.05, 4.69) is 41.5 Å². The van der Waals surface area contributed by atoms with Crippen LogP contribution >= 0.6 is 0 Å². The van der Waals surface area contributed by atoms with Crippen molar-refractivity contribution in [2.75, 3.05) is 6.54 Å². The van der Waals surface area contributed by atoms with Crippen molar-refractivity contribution >= 4 is 0 Å². The molecule has 2 heterocycles. The van der Waals surface area contributed by atoms with Crippen LogP contribution in [0.25, 0.3) is 0 Å². The average molecular weight is 262 g/mol. The van der Waals surface area contributed by atoms with Gasteiger partial charge in [-0.3, -0.25) is 4.68 Å². The lowest BCUT2D eigenvalue weighted by Crippen LogP contribution is -2.25. The summed E-state index contributed by atoms with van der Waals surface area (Å²) in [6.07, 6.45) is 4.81. The molecular formula is C13H22N6. The van der Waals surface area contributed by atoms with Crippen molar-refractivity contribution < 1.29 is 0 Å². The second kappa shape index (κ2) is 5.97. The van der Waals surface area contributed by atoms with Gasteiger partial charge >= 0.3 is 0 Å². The zero-order valence-corrected chi connectivity index (χ0v) is 12.1. The first kappa shape index (κ1) is 13.7. The molecule has 0 aliphatic heterocycles. The smallest absolute Gasteiger partial charge is 0.0803 e. The monoisotopic (exact) mass is 262 g/mol. The number of rotatable bonds is 6. The van der Waals surface area contributed by atoms with E-state index in [1.165, 1.54) is 5.56 Å². The summed E-state index contributed by atoms with van der Waals surface area (Å²) < 4.78 is 3.87. The maximum Gasteiger partial charge on any atom is 0.0803 e. The maximum atomic E-state index is 4.33. The largest absolute Gasteiger partial charge is 0.305 e. The van der Waals surface area contributed by atoms with Crippen molar-refractivity contribution in [3.05, 3.63) is 29.3 Å². The fourth-order valence-corrected chi connectivity index (χ4v) is 2.25. The van der Waals surface area contributed by atoms with E-state index < -0.39 is 0 Å².